The predicted molar refractivity (Wildman–Crippen MR) is 69.0 cm³/mol. The minimum atomic E-state index is 0.904. The molecular formula is C12H17N5. The van der Waals surface area contributed by atoms with Crippen molar-refractivity contribution in [2.24, 2.45) is 0 Å². The molecule has 1 aliphatic rings. The van der Waals surface area contributed by atoms with Crippen molar-refractivity contribution in [3.8, 4) is 0 Å². The summed E-state index contributed by atoms with van der Waals surface area (Å²) < 4.78 is 0. The number of aromatic nitrogens is 2. The first-order chi connectivity index (χ1) is 8.42. The SMILES string of the molecule is c1nc2ccc(NCN3CCNCC3)cc2[nH]1. The predicted octanol–water partition coefficient (Wildman–Crippen LogP) is 0.837. The highest BCUT2D eigenvalue weighted by Gasteiger charge is 2.08. The zero-order chi connectivity index (χ0) is 11.5. The number of aromatic amines is 1. The van der Waals surface area contributed by atoms with E-state index in [1.54, 1.807) is 6.33 Å². The van der Waals surface area contributed by atoms with Crippen LogP contribution in [0.25, 0.3) is 11.0 Å². The molecule has 0 atom stereocenters. The van der Waals surface area contributed by atoms with Crippen molar-refractivity contribution in [2.45, 2.75) is 0 Å². The topological polar surface area (TPSA) is 56.0 Å². The van der Waals surface area contributed by atoms with Crippen LogP contribution in [0.5, 0.6) is 0 Å². The standard InChI is InChI=1S/C12H17N5/c1-2-11-12(15-8-14-11)7-10(1)16-9-17-5-3-13-4-6-17/h1-2,7-8,13,16H,3-6,9H2,(H,14,15). The summed E-state index contributed by atoms with van der Waals surface area (Å²) in [5.41, 5.74) is 3.23. The van der Waals surface area contributed by atoms with Crippen molar-refractivity contribution in [2.75, 3.05) is 38.2 Å². The second-order valence-corrected chi connectivity index (χ2v) is 4.34. The first-order valence-corrected chi connectivity index (χ1v) is 6.02. The van der Waals surface area contributed by atoms with Gasteiger partial charge in [0.25, 0.3) is 0 Å². The Hall–Kier alpha value is -1.59. The van der Waals surface area contributed by atoms with Crippen LogP contribution in [0.15, 0.2) is 24.5 Å². The summed E-state index contributed by atoms with van der Waals surface area (Å²) in [5, 5.41) is 6.80. The molecular weight excluding hydrogens is 214 g/mol. The molecule has 1 saturated heterocycles. The lowest BCUT2D eigenvalue weighted by Crippen LogP contribution is -2.45. The Bertz CT molecular complexity index is 486. The zero-order valence-corrected chi connectivity index (χ0v) is 9.74. The van der Waals surface area contributed by atoms with E-state index in [2.05, 4.69) is 37.6 Å². The third-order valence-electron chi connectivity index (χ3n) is 3.14. The molecule has 0 bridgehead atoms. The highest BCUT2D eigenvalue weighted by molar-refractivity contribution is 5.78. The number of nitrogens with zero attached hydrogens (tertiary/aromatic N) is 2. The van der Waals surface area contributed by atoms with Crippen molar-refractivity contribution in [3.63, 3.8) is 0 Å². The summed E-state index contributed by atoms with van der Waals surface area (Å²) in [4.78, 5) is 9.74. The molecule has 17 heavy (non-hydrogen) atoms. The van der Waals surface area contributed by atoms with Crippen LogP contribution in [0.1, 0.15) is 0 Å². The van der Waals surface area contributed by atoms with Gasteiger partial charge in [-0.3, -0.25) is 4.90 Å². The van der Waals surface area contributed by atoms with Gasteiger partial charge < -0.3 is 15.6 Å². The first-order valence-electron chi connectivity index (χ1n) is 6.02. The van der Waals surface area contributed by atoms with Crippen molar-refractivity contribution in [1.29, 1.82) is 0 Å². The lowest BCUT2D eigenvalue weighted by Gasteiger charge is -2.27. The maximum atomic E-state index is 4.21. The van der Waals surface area contributed by atoms with Gasteiger partial charge in [0.2, 0.25) is 0 Å². The molecule has 0 aliphatic carbocycles. The number of hydrogen-bond donors (Lipinski definition) is 3. The van der Waals surface area contributed by atoms with Gasteiger partial charge in [0.1, 0.15) is 0 Å². The average Bonchev–Trinajstić information content (AvgIpc) is 2.85. The average molecular weight is 231 g/mol. The Morgan fingerprint density at radius 3 is 3.06 bits per heavy atom. The van der Waals surface area contributed by atoms with Crippen molar-refractivity contribution in [1.82, 2.24) is 20.2 Å². The first kappa shape index (κ1) is 10.6. The molecule has 1 aromatic heterocycles. The second-order valence-electron chi connectivity index (χ2n) is 4.34. The Morgan fingerprint density at radius 1 is 1.29 bits per heavy atom. The van der Waals surface area contributed by atoms with Crippen LogP contribution in [0, 0.1) is 0 Å². The number of hydrogen-bond acceptors (Lipinski definition) is 4. The van der Waals surface area contributed by atoms with Crippen LogP contribution in [-0.2, 0) is 0 Å². The van der Waals surface area contributed by atoms with E-state index >= 15 is 0 Å². The number of piperazine rings is 1. The third kappa shape index (κ3) is 2.40. The van der Waals surface area contributed by atoms with E-state index in [1.165, 1.54) is 0 Å². The van der Waals surface area contributed by atoms with Gasteiger partial charge in [-0.25, -0.2) is 4.98 Å². The fourth-order valence-electron chi connectivity index (χ4n) is 2.12. The molecule has 1 aromatic carbocycles. The smallest absolute Gasteiger partial charge is 0.0931 e. The number of fused-ring (bicyclic) bond motifs is 1. The fraction of sp³-hybridized carbons (Fsp3) is 0.417. The normalized spacial score (nSPS) is 17.4. The molecule has 1 aliphatic heterocycles. The molecule has 3 rings (SSSR count). The Labute approximate surface area is 100 Å². The summed E-state index contributed by atoms with van der Waals surface area (Å²) in [6, 6.07) is 6.21. The Morgan fingerprint density at radius 2 is 2.18 bits per heavy atom. The molecule has 0 unspecified atom stereocenters. The van der Waals surface area contributed by atoms with E-state index < -0.39 is 0 Å². The van der Waals surface area contributed by atoms with Crippen molar-refractivity contribution in [3.05, 3.63) is 24.5 Å². The van der Waals surface area contributed by atoms with Crippen molar-refractivity contribution >= 4 is 16.7 Å². The molecule has 5 heteroatoms. The molecule has 90 valence electrons. The van der Waals surface area contributed by atoms with E-state index in [9.17, 15) is 0 Å². The van der Waals surface area contributed by atoms with Gasteiger partial charge in [-0.1, -0.05) is 0 Å². The fourth-order valence-corrected chi connectivity index (χ4v) is 2.12. The molecule has 0 amide bonds. The van der Waals surface area contributed by atoms with Gasteiger partial charge in [0, 0.05) is 31.9 Å². The molecule has 0 spiro atoms. The molecule has 1 fully saturated rings. The number of anilines is 1. The Kier molecular flexibility index (Phi) is 2.94. The Balaban J connectivity index is 1.63. The van der Waals surface area contributed by atoms with E-state index in [-0.39, 0.29) is 0 Å². The van der Waals surface area contributed by atoms with Gasteiger partial charge in [0.05, 0.1) is 24.0 Å². The lowest BCUT2D eigenvalue weighted by atomic mass is 10.3. The van der Waals surface area contributed by atoms with Gasteiger partial charge in [0.15, 0.2) is 0 Å². The summed E-state index contributed by atoms with van der Waals surface area (Å²) in [7, 11) is 0. The lowest BCUT2D eigenvalue weighted by molar-refractivity contribution is 0.256. The largest absolute Gasteiger partial charge is 0.372 e. The molecule has 3 N–H and O–H groups in total. The summed E-state index contributed by atoms with van der Waals surface area (Å²) >= 11 is 0. The van der Waals surface area contributed by atoms with Gasteiger partial charge in [-0.05, 0) is 18.2 Å². The van der Waals surface area contributed by atoms with Gasteiger partial charge >= 0.3 is 0 Å². The maximum absolute atomic E-state index is 4.21. The number of H-pyrrole nitrogens is 1. The van der Waals surface area contributed by atoms with Crippen LogP contribution < -0.4 is 10.6 Å². The summed E-state index contributed by atoms with van der Waals surface area (Å²) in [5.74, 6) is 0. The number of nitrogens with one attached hydrogen (secondary N) is 3. The highest BCUT2D eigenvalue weighted by Crippen LogP contribution is 2.15. The minimum absolute atomic E-state index is 0.904. The maximum Gasteiger partial charge on any atom is 0.0931 e. The van der Waals surface area contributed by atoms with E-state index in [1.807, 2.05) is 6.07 Å². The number of benzene rings is 1. The quantitative estimate of drug-likeness (QED) is 0.732. The van der Waals surface area contributed by atoms with Gasteiger partial charge in [-0.2, -0.15) is 0 Å². The summed E-state index contributed by atoms with van der Waals surface area (Å²) in [6.45, 7) is 5.29. The van der Waals surface area contributed by atoms with E-state index in [0.717, 1.165) is 49.6 Å². The molecule has 2 aromatic rings. The van der Waals surface area contributed by atoms with Crippen LogP contribution >= 0.6 is 0 Å². The van der Waals surface area contributed by atoms with Gasteiger partial charge in [-0.15, -0.1) is 0 Å². The zero-order valence-electron chi connectivity index (χ0n) is 9.74. The van der Waals surface area contributed by atoms with Crippen LogP contribution in [0.2, 0.25) is 0 Å². The van der Waals surface area contributed by atoms with Crippen LogP contribution in [0.3, 0.4) is 0 Å². The molecule has 0 saturated carbocycles. The monoisotopic (exact) mass is 231 g/mol. The number of imidazole rings is 1. The highest BCUT2D eigenvalue weighted by atomic mass is 15.3. The number of rotatable bonds is 3. The summed E-state index contributed by atoms with van der Waals surface area (Å²) in [6.07, 6.45) is 1.73. The van der Waals surface area contributed by atoms with Crippen molar-refractivity contribution < 1.29 is 0 Å². The minimum Gasteiger partial charge on any atom is -0.372 e. The molecule has 2 heterocycles. The van der Waals surface area contributed by atoms with E-state index in [0.29, 0.717) is 0 Å². The molecule has 0 radical (unpaired) electrons. The third-order valence-corrected chi connectivity index (χ3v) is 3.14. The van der Waals surface area contributed by atoms with Crippen LogP contribution in [0.4, 0.5) is 5.69 Å². The second kappa shape index (κ2) is 4.73. The van der Waals surface area contributed by atoms with E-state index in [4.69, 9.17) is 0 Å². The molecule has 5 nitrogen and oxygen atoms in total. The van der Waals surface area contributed by atoms with Crippen LogP contribution in [-0.4, -0.2) is 47.7 Å².